The van der Waals surface area contributed by atoms with Gasteiger partial charge in [-0.05, 0) is 30.3 Å². The van der Waals surface area contributed by atoms with Gasteiger partial charge in [0, 0.05) is 48.7 Å². The molecule has 0 spiro atoms. The van der Waals surface area contributed by atoms with E-state index >= 15 is 0 Å². The second-order valence-electron chi connectivity index (χ2n) is 12.3. The third kappa shape index (κ3) is 4.83. The van der Waals surface area contributed by atoms with Crippen LogP contribution in [0, 0.1) is 11.3 Å². The largest absolute Gasteiger partial charge is 0.455 e. The quantitative estimate of drug-likeness (QED) is 0.178. The Balaban J connectivity index is 1.24. The Kier molecular flexibility index (Phi) is 6.91. The fourth-order valence-corrected chi connectivity index (χ4v) is 7.96. The second-order valence-corrected chi connectivity index (χ2v) is 13.4. The molecule has 6 aromatic carbocycles. The zero-order valence-electron chi connectivity index (χ0n) is 27.4. The van der Waals surface area contributed by atoms with Crippen LogP contribution in [0.4, 0.5) is 0 Å². The lowest BCUT2D eigenvalue weighted by atomic mass is 10.0. The molecule has 0 saturated carbocycles. The van der Waals surface area contributed by atoms with Crippen LogP contribution in [-0.2, 0) is 0 Å². The van der Waals surface area contributed by atoms with Crippen LogP contribution < -0.4 is 0 Å². The first-order valence-electron chi connectivity index (χ1n) is 16.7. The Hall–Kier alpha value is -7.08. The predicted octanol–water partition coefficient (Wildman–Crippen LogP) is 11.1. The van der Waals surface area contributed by atoms with Gasteiger partial charge in [-0.1, -0.05) is 115 Å². The van der Waals surface area contributed by atoms with Crippen LogP contribution in [0.5, 0.6) is 0 Å². The summed E-state index contributed by atoms with van der Waals surface area (Å²) in [4.78, 5) is 25.2. The average Bonchev–Trinajstić information content (AvgIpc) is 3.80. The van der Waals surface area contributed by atoms with Gasteiger partial charge in [0.1, 0.15) is 11.2 Å². The van der Waals surface area contributed by atoms with Crippen LogP contribution >= 0.6 is 11.3 Å². The first-order valence-corrected chi connectivity index (χ1v) is 17.6. The molecule has 10 rings (SSSR count). The number of nitrogens with zero attached hydrogens (tertiary/aromatic N) is 6. The highest BCUT2D eigenvalue weighted by molar-refractivity contribution is 7.26. The van der Waals surface area contributed by atoms with Crippen molar-refractivity contribution in [1.29, 1.82) is 5.26 Å². The Labute approximate surface area is 301 Å². The van der Waals surface area contributed by atoms with Crippen LogP contribution in [0.15, 0.2) is 150 Å². The van der Waals surface area contributed by atoms with Crippen LogP contribution in [0.2, 0.25) is 0 Å². The van der Waals surface area contributed by atoms with E-state index in [1.165, 1.54) is 0 Å². The number of thiophene rings is 1. The minimum Gasteiger partial charge on any atom is -0.455 e. The fraction of sp³-hybridized carbons (Fsp3) is 0. The number of para-hydroxylation sites is 1. The lowest BCUT2D eigenvalue weighted by Crippen LogP contribution is -2.00. The lowest BCUT2D eigenvalue weighted by molar-refractivity contribution is 0.670. The van der Waals surface area contributed by atoms with E-state index in [4.69, 9.17) is 29.3 Å². The van der Waals surface area contributed by atoms with Crippen molar-refractivity contribution >= 4 is 53.6 Å². The number of fused-ring (bicyclic) bond motifs is 6. The van der Waals surface area contributed by atoms with Crippen molar-refractivity contribution < 1.29 is 4.42 Å². The molecular weight excluding hydrogens is 661 g/mol. The van der Waals surface area contributed by atoms with E-state index in [0.29, 0.717) is 45.6 Å². The molecule has 0 N–H and O–H groups in total. The monoisotopic (exact) mass is 684 g/mol. The van der Waals surface area contributed by atoms with Crippen molar-refractivity contribution in [2.45, 2.75) is 0 Å². The van der Waals surface area contributed by atoms with Gasteiger partial charge in [-0.2, -0.15) is 5.26 Å². The molecule has 0 radical (unpaired) electrons. The van der Waals surface area contributed by atoms with Gasteiger partial charge in [0.2, 0.25) is 0 Å². The molecule has 242 valence electrons. The molecule has 0 unspecified atom stereocenters. The summed E-state index contributed by atoms with van der Waals surface area (Å²) >= 11 is 1.65. The van der Waals surface area contributed by atoms with Gasteiger partial charge in [-0.15, -0.1) is 11.3 Å². The number of rotatable bonds is 5. The van der Waals surface area contributed by atoms with Gasteiger partial charge in [0.05, 0.1) is 27.5 Å². The molecule has 4 aromatic heterocycles. The normalized spacial score (nSPS) is 11.4. The van der Waals surface area contributed by atoms with E-state index in [1.807, 2.05) is 121 Å². The van der Waals surface area contributed by atoms with E-state index in [-0.39, 0.29) is 0 Å². The van der Waals surface area contributed by atoms with Crippen LogP contribution in [0.25, 0.3) is 99.1 Å². The molecule has 0 aliphatic carbocycles. The number of nitriles is 1. The molecule has 0 fully saturated rings. The van der Waals surface area contributed by atoms with Crippen molar-refractivity contribution in [3.8, 4) is 62.9 Å². The van der Waals surface area contributed by atoms with Gasteiger partial charge in [0.25, 0.3) is 0 Å². The van der Waals surface area contributed by atoms with Crippen molar-refractivity contribution in [3.05, 3.63) is 151 Å². The van der Waals surface area contributed by atoms with E-state index in [9.17, 15) is 5.26 Å². The molecule has 10 aromatic rings. The number of benzene rings is 6. The first-order chi connectivity index (χ1) is 25.7. The second kappa shape index (κ2) is 12.1. The highest BCUT2D eigenvalue weighted by atomic mass is 32.1. The standard InChI is InChI=1S/C44H24N6OS/c45-25-28-17-7-8-18-29(28)43-46-37-30-19-9-10-24-35(30)52-40(37)38(47-43)33-22-11-20-31-36-32(21-12-23-34(36)51-39(31)33)44-49-41(26-13-3-1-4-14-26)48-42(50-44)27-15-5-2-6-16-27/h1-24H. The molecule has 0 aliphatic rings. The average molecular weight is 685 g/mol. The minimum atomic E-state index is 0.490. The maximum Gasteiger partial charge on any atom is 0.164 e. The van der Waals surface area contributed by atoms with E-state index in [2.05, 4.69) is 24.3 Å². The zero-order chi connectivity index (χ0) is 34.6. The Morgan fingerprint density at radius 1 is 0.500 bits per heavy atom. The summed E-state index contributed by atoms with van der Waals surface area (Å²) in [6.45, 7) is 0. The van der Waals surface area contributed by atoms with E-state index in [1.54, 1.807) is 17.4 Å². The summed E-state index contributed by atoms with van der Waals surface area (Å²) in [6, 6.07) is 50.1. The summed E-state index contributed by atoms with van der Waals surface area (Å²) in [5, 5.41) is 12.8. The van der Waals surface area contributed by atoms with Crippen molar-refractivity contribution in [2.24, 2.45) is 0 Å². The SMILES string of the molecule is N#Cc1ccccc1-c1nc(-c2cccc3c2oc2cccc(-c4nc(-c5ccccc5)nc(-c5ccccc5)n4)c23)c2sc3ccccc3c2n1. The molecule has 7 nitrogen and oxygen atoms in total. The topological polar surface area (TPSA) is 101 Å². The Morgan fingerprint density at radius 2 is 1.10 bits per heavy atom. The molecular formula is C44H24N6OS. The number of aromatic nitrogens is 5. The number of hydrogen-bond donors (Lipinski definition) is 0. The third-order valence-electron chi connectivity index (χ3n) is 9.23. The van der Waals surface area contributed by atoms with E-state index in [0.717, 1.165) is 59.0 Å². The van der Waals surface area contributed by atoms with Crippen molar-refractivity contribution in [2.75, 3.05) is 0 Å². The predicted molar refractivity (Wildman–Crippen MR) is 207 cm³/mol. The van der Waals surface area contributed by atoms with Gasteiger partial charge >= 0.3 is 0 Å². The maximum atomic E-state index is 9.98. The summed E-state index contributed by atoms with van der Waals surface area (Å²) in [5.41, 5.74) is 7.67. The smallest absolute Gasteiger partial charge is 0.164 e. The summed E-state index contributed by atoms with van der Waals surface area (Å²) in [5.74, 6) is 2.22. The molecule has 4 heterocycles. The molecule has 52 heavy (non-hydrogen) atoms. The zero-order valence-corrected chi connectivity index (χ0v) is 28.2. The maximum absolute atomic E-state index is 9.98. The third-order valence-corrected chi connectivity index (χ3v) is 10.4. The fourth-order valence-electron chi connectivity index (χ4n) is 6.82. The van der Waals surface area contributed by atoms with E-state index < -0.39 is 0 Å². The molecule has 8 heteroatoms. The minimum absolute atomic E-state index is 0.490. The van der Waals surface area contributed by atoms with Crippen LogP contribution in [0.3, 0.4) is 0 Å². The Morgan fingerprint density at radius 3 is 1.87 bits per heavy atom. The number of furan rings is 1. The highest BCUT2D eigenvalue weighted by Gasteiger charge is 2.23. The van der Waals surface area contributed by atoms with Crippen molar-refractivity contribution in [1.82, 2.24) is 24.9 Å². The first kappa shape index (κ1) is 29.8. The molecule has 0 bridgehead atoms. The van der Waals surface area contributed by atoms with Gasteiger partial charge in [-0.3, -0.25) is 0 Å². The number of hydrogen-bond acceptors (Lipinski definition) is 8. The molecule has 0 atom stereocenters. The van der Waals surface area contributed by atoms with Gasteiger partial charge in [-0.25, -0.2) is 24.9 Å². The summed E-state index contributed by atoms with van der Waals surface area (Å²) < 4.78 is 8.82. The van der Waals surface area contributed by atoms with Gasteiger partial charge < -0.3 is 4.42 Å². The molecule has 0 amide bonds. The van der Waals surface area contributed by atoms with Gasteiger partial charge in [0.15, 0.2) is 23.3 Å². The van der Waals surface area contributed by atoms with Crippen LogP contribution in [-0.4, -0.2) is 24.9 Å². The Bertz CT molecular complexity index is 2980. The molecule has 0 aliphatic heterocycles. The molecule has 0 saturated heterocycles. The highest BCUT2D eigenvalue weighted by Crippen LogP contribution is 2.44. The van der Waals surface area contributed by atoms with Crippen LogP contribution in [0.1, 0.15) is 5.56 Å². The lowest BCUT2D eigenvalue weighted by Gasteiger charge is -2.09. The summed E-state index contributed by atoms with van der Waals surface area (Å²) in [7, 11) is 0. The van der Waals surface area contributed by atoms with Crippen molar-refractivity contribution in [3.63, 3.8) is 0 Å². The summed E-state index contributed by atoms with van der Waals surface area (Å²) in [6.07, 6.45) is 0.